The quantitative estimate of drug-likeness (QED) is 0.844. The third-order valence-corrected chi connectivity index (χ3v) is 5.31. The van der Waals surface area contributed by atoms with Crippen LogP contribution in [0, 0.1) is 0 Å². The molecule has 2 atom stereocenters. The van der Waals surface area contributed by atoms with E-state index in [0.29, 0.717) is 18.0 Å². The van der Waals surface area contributed by atoms with Crippen molar-refractivity contribution in [3.63, 3.8) is 0 Å². The number of hydrogen-bond acceptors (Lipinski definition) is 3. The van der Waals surface area contributed by atoms with E-state index in [9.17, 15) is 4.79 Å². The SMILES string of the molecule is O=Cc1cccc(C2CC2NC2CCN(C3CC3)CC2)c1. The summed E-state index contributed by atoms with van der Waals surface area (Å²) in [5, 5.41) is 3.84. The Kier molecular flexibility index (Phi) is 3.56. The molecule has 0 radical (unpaired) electrons. The van der Waals surface area contributed by atoms with Gasteiger partial charge < -0.3 is 10.2 Å². The van der Waals surface area contributed by atoms with E-state index in [1.54, 1.807) is 0 Å². The van der Waals surface area contributed by atoms with Gasteiger partial charge in [0.2, 0.25) is 0 Å². The van der Waals surface area contributed by atoms with E-state index in [2.05, 4.69) is 22.3 Å². The van der Waals surface area contributed by atoms with Crippen LogP contribution in [-0.2, 0) is 0 Å². The molecule has 2 aliphatic carbocycles. The van der Waals surface area contributed by atoms with Gasteiger partial charge in [-0.1, -0.05) is 18.2 Å². The van der Waals surface area contributed by atoms with E-state index in [-0.39, 0.29) is 0 Å². The Morgan fingerprint density at radius 2 is 1.95 bits per heavy atom. The van der Waals surface area contributed by atoms with E-state index in [1.807, 2.05) is 12.1 Å². The van der Waals surface area contributed by atoms with Crippen molar-refractivity contribution >= 4 is 6.29 Å². The van der Waals surface area contributed by atoms with E-state index >= 15 is 0 Å². The topological polar surface area (TPSA) is 32.3 Å². The second kappa shape index (κ2) is 5.54. The summed E-state index contributed by atoms with van der Waals surface area (Å²) in [5.74, 6) is 0.617. The smallest absolute Gasteiger partial charge is 0.150 e. The van der Waals surface area contributed by atoms with Gasteiger partial charge in [0.1, 0.15) is 6.29 Å². The Bertz CT molecular complexity index is 518. The van der Waals surface area contributed by atoms with Crippen molar-refractivity contribution in [2.24, 2.45) is 0 Å². The number of nitrogens with one attached hydrogen (secondary N) is 1. The maximum absolute atomic E-state index is 10.9. The average Bonchev–Trinajstić information content (AvgIpc) is 3.42. The van der Waals surface area contributed by atoms with Crippen molar-refractivity contribution in [1.29, 1.82) is 0 Å². The standard InChI is InChI=1S/C18H24N2O/c21-12-13-2-1-3-14(10-13)17-11-18(17)19-15-6-8-20(9-7-15)16-4-5-16/h1-3,10,12,15-19H,4-9,11H2. The zero-order valence-electron chi connectivity index (χ0n) is 12.5. The summed E-state index contributed by atoms with van der Waals surface area (Å²) < 4.78 is 0. The van der Waals surface area contributed by atoms with Gasteiger partial charge in [-0.05, 0) is 56.8 Å². The zero-order chi connectivity index (χ0) is 14.2. The van der Waals surface area contributed by atoms with Crippen molar-refractivity contribution < 1.29 is 4.79 Å². The highest BCUT2D eigenvalue weighted by molar-refractivity contribution is 5.75. The Morgan fingerprint density at radius 3 is 2.67 bits per heavy atom. The summed E-state index contributed by atoms with van der Waals surface area (Å²) in [7, 11) is 0. The Hall–Kier alpha value is -1.19. The minimum Gasteiger partial charge on any atom is -0.311 e. The molecule has 112 valence electrons. The van der Waals surface area contributed by atoms with Crippen molar-refractivity contribution in [3.05, 3.63) is 35.4 Å². The van der Waals surface area contributed by atoms with Crippen LogP contribution < -0.4 is 5.32 Å². The van der Waals surface area contributed by atoms with Gasteiger partial charge in [-0.3, -0.25) is 4.79 Å². The first kappa shape index (κ1) is 13.5. The molecule has 0 aromatic heterocycles. The first-order valence-corrected chi connectivity index (χ1v) is 8.39. The van der Waals surface area contributed by atoms with Gasteiger partial charge in [-0.15, -0.1) is 0 Å². The molecule has 1 saturated heterocycles. The van der Waals surface area contributed by atoms with Crippen molar-refractivity contribution in [3.8, 4) is 0 Å². The molecule has 1 heterocycles. The first-order valence-electron chi connectivity index (χ1n) is 8.39. The number of hydrogen-bond donors (Lipinski definition) is 1. The highest BCUT2D eigenvalue weighted by atomic mass is 16.1. The van der Waals surface area contributed by atoms with E-state index in [0.717, 1.165) is 17.9 Å². The van der Waals surface area contributed by atoms with Crippen LogP contribution in [0.5, 0.6) is 0 Å². The van der Waals surface area contributed by atoms with Crippen LogP contribution in [0.1, 0.15) is 53.9 Å². The fourth-order valence-corrected chi connectivity index (χ4v) is 3.78. The number of aldehydes is 1. The molecule has 0 amide bonds. The summed E-state index contributed by atoms with van der Waals surface area (Å²) in [6.07, 6.45) is 7.63. The summed E-state index contributed by atoms with van der Waals surface area (Å²) in [5.41, 5.74) is 2.13. The number of likely N-dealkylation sites (tertiary alicyclic amines) is 1. The van der Waals surface area contributed by atoms with Crippen LogP contribution >= 0.6 is 0 Å². The highest BCUT2D eigenvalue weighted by Gasteiger charge is 2.40. The van der Waals surface area contributed by atoms with Gasteiger partial charge in [-0.25, -0.2) is 0 Å². The van der Waals surface area contributed by atoms with Gasteiger partial charge >= 0.3 is 0 Å². The van der Waals surface area contributed by atoms with Gasteiger partial charge in [-0.2, -0.15) is 0 Å². The molecule has 2 unspecified atom stereocenters. The average molecular weight is 284 g/mol. The van der Waals surface area contributed by atoms with Crippen LogP contribution in [0.3, 0.4) is 0 Å². The molecule has 0 spiro atoms. The molecule has 0 bridgehead atoms. The number of carbonyl (C=O) groups is 1. The molecule has 3 aliphatic rings. The van der Waals surface area contributed by atoms with Crippen LogP contribution in [0.15, 0.2) is 24.3 Å². The number of carbonyl (C=O) groups excluding carboxylic acids is 1. The fraction of sp³-hybridized carbons (Fsp3) is 0.611. The molecule has 3 heteroatoms. The molecule has 4 rings (SSSR count). The van der Waals surface area contributed by atoms with E-state index in [4.69, 9.17) is 0 Å². The van der Waals surface area contributed by atoms with Gasteiger partial charge in [0.15, 0.2) is 0 Å². The maximum atomic E-state index is 10.9. The third-order valence-electron chi connectivity index (χ3n) is 5.31. The third kappa shape index (κ3) is 3.04. The predicted octanol–water partition coefficient (Wildman–Crippen LogP) is 2.57. The second-order valence-corrected chi connectivity index (χ2v) is 6.94. The summed E-state index contributed by atoms with van der Waals surface area (Å²) in [6, 6.07) is 10.3. The molecule has 1 aromatic carbocycles. The second-order valence-electron chi connectivity index (χ2n) is 6.94. The normalized spacial score (nSPS) is 30.3. The molecule has 1 aromatic rings. The number of rotatable bonds is 5. The Balaban J connectivity index is 1.28. The van der Waals surface area contributed by atoms with Gasteiger partial charge in [0, 0.05) is 29.6 Å². The lowest BCUT2D eigenvalue weighted by atomic mass is 10.0. The van der Waals surface area contributed by atoms with Gasteiger partial charge in [0.25, 0.3) is 0 Å². The zero-order valence-corrected chi connectivity index (χ0v) is 12.5. The summed E-state index contributed by atoms with van der Waals surface area (Å²) >= 11 is 0. The van der Waals surface area contributed by atoms with E-state index < -0.39 is 0 Å². The van der Waals surface area contributed by atoms with Crippen molar-refractivity contribution in [2.75, 3.05) is 13.1 Å². The lowest BCUT2D eigenvalue weighted by molar-refractivity contribution is 0.112. The lowest BCUT2D eigenvalue weighted by Gasteiger charge is -2.32. The number of piperidine rings is 1. The van der Waals surface area contributed by atoms with Crippen LogP contribution in [-0.4, -0.2) is 42.4 Å². The molecule has 3 nitrogen and oxygen atoms in total. The first-order chi connectivity index (χ1) is 10.3. The molecule has 1 N–H and O–H groups in total. The van der Waals surface area contributed by atoms with Crippen LogP contribution in [0.4, 0.5) is 0 Å². The monoisotopic (exact) mass is 284 g/mol. The highest BCUT2D eigenvalue weighted by Crippen LogP contribution is 2.41. The van der Waals surface area contributed by atoms with Crippen LogP contribution in [0.2, 0.25) is 0 Å². The summed E-state index contributed by atoms with van der Waals surface area (Å²) in [4.78, 5) is 13.5. The molecular formula is C18H24N2O. The minimum absolute atomic E-state index is 0.617. The molecule has 2 saturated carbocycles. The Labute approximate surface area is 126 Å². The van der Waals surface area contributed by atoms with Crippen molar-refractivity contribution in [1.82, 2.24) is 10.2 Å². The maximum Gasteiger partial charge on any atom is 0.150 e. The number of nitrogens with zero attached hydrogens (tertiary/aromatic N) is 1. The molecular weight excluding hydrogens is 260 g/mol. The lowest BCUT2D eigenvalue weighted by Crippen LogP contribution is -2.44. The Morgan fingerprint density at radius 1 is 1.14 bits per heavy atom. The predicted molar refractivity (Wildman–Crippen MR) is 83.7 cm³/mol. The molecule has 3 fully saturated rings. The summed E-state index contributed by atoms with van der Waals surface area (Å²) in [6.45, 7) is 2.56. The van der Waals surface area contributed by atoms with Gasteiger partial charge in [0.05, 0.1) is 0 Å². The molecule has 1 aliphatic heterocycles. The molecule has 21 heavy (non-hydrogen) atoms. The fourth-order valence-electron chi connectivity index (χ4n) is 3.78. The van der Waals surface area contributed by atoms with Crippen LogP contribution in [0.25, 0.3) is 0 Å². The minimum atomic E-state index is 0.617. The largest absolute Gasteiger partial charge is 0.311 e. The van der Waals surface area contributed by atoms with Crippen molar-refractivity contribution in [2.45, 2.75) is 56.1 Å². The van der Waals surface area contributed by atoms with E-state index in [1.165, 1.54) is 50.8 Å². The number of benzene rings is 1.